The number of hydrogen-bond donors (Lipinski definition) is 1. The molecule has 3 heteroatoms. The van der Waals surface area contributed by atoms with E-state index in [-0.39, 0.29) is 0 Å². The largest absolute Gasteiger partial charge is 0.142 e. The van der Waals surface area contributed by atoms with E-state index in [2.05, 4.69) is 60.3 Å². The van der Waals surface area contributed by atoms with Gasteiger partial charge in [-0.2, -0.15) is 0 Å². The van der Waals surface area contributed by atoms with Crippen molar-refractivity contribution in [3.05, 3.63) is 26.6 Å². The third kappa shape index (κ3) is 1.38. The first-order valence-electron chi connectivity index (χ1n) is 3.56. The summed E-state index contributed by atoms with van der Waals surface area (Å²) in [5.74, 6) is 0. The van der Waals surface area contributed by atoms with E-state index in [9.17, 15) is 0 Å². The summed E-state index contributed by atoms with van der Waals surface area (Å²) < 4.78 is 2.60. The van der Waals surface area contributed by atoms with E-state index in [1.54, 1.807) is 0 Å². The molecule has 0 saturated carbocycles. The van der Waals surface area contributed by atoms with E-state index in [1.165, 1.54) is 18.5 Å². The molecule has 0 fully saturated rings. The second-order valence-electron chi connectivity index (χ2n) is 2.65. The van der Waals surface area contributed by atoms with Gasteiger partial charge in [0, 0.05) is 23.4 Å². The van der Waals surface area contributed by atoms with Gasteiger partial charge in [0.2, 0.25) is 0 Å². The molecular weight excluding hydrogens is 299 g/mol. The molecule has 0 unspecified atom stereocenters. The normalized spacial score (nSPS) is 10.9. The molecule has 1 aromatic carbocycles. The monoisotopic (exact) mass is 306 g/mol. The van der Waals surface area contributed by atoms with Crippen LogP contribution < -0.4 is 0 Å². The van der Waals surface area contributed by atoms with Gasteiger partial charge in [0.05, 0.1) is 0 Å². The van der Waals surface area contributed by atoms with Crippen LogP contribution in [0.2, 0.25) is 0 Å². The van der Waals surface area contributed by atoms with Gasteiger partial charge in [-0.05, 0) is 47.7 Å². The summed E-state index contributed by atoms with van der Waals surface area (Å²) in [5.41, 5.74) is 0. The molecule has 12 heavy (non-hydrogen) atoms. The fraction of sp³-hybridized carbons (Fsp3) is 0.111. The number of fused-ring (bicyclic) bond motifs is 1. The van der Waals surface area contributed by atoms with Crippen molar-refractivity contribution in [2.45, 2.75) is 11.8 Å². The zero-order valence-electron chi connectivity index (χ0n) is 6.47. The summed E-state index contributed by atoms with van der Waals surface area (Å²) in [6.45, 7) is 2.11. The minimum absolute atomic E-state index is 1.13. The average Bonchev–Trinajstić information content (AvgIpc) is 2.31. The molecule has 0 radical (unpaired) electrons. The van der Waals surface area contributed by atoms with E-state index in [4.69, 9.17) is 0 Å². The van der Waals surface area contributed by atoms with Crippen LogP contribution in [0.4, 0.5) is 0 Å². The highest BCUT2D eigenvalue weighted by atomic mass is 127. The van der Waals surface area contributed by atoms with E-state index < -0.39 is 0 Å². The molecule has 0 aliphatic rings. The highest BCUT2D eigenvalue weighted by molar-refractivity contribution is 14.1. The maximum Gasteiger partial charge on any atom is 0.0357 e. The smallest absolute Gasteiger partial charge is 0.0357 e. The molecule has 0 aliphatic heterocycles. The second-order valence-corrected chi connectivity index (χ2v) is 5.60. The lowest BCUT2D eigenvalue weighted by Gasteiger charge is -1.91. The first kappa shape index (κ1) is 8.84. The molecule has 1 aromatic heterocycles. The van der Waals surface area contributed by atoms with Gasteiger partial charge in [0.25, 0.3) is 0 Å². The van der Waals surface area contributed by atoms with Gasteiger partial charge in [0.1, 0.15) is 0 Å². The van der Waals surface area contributed by atoms with Gasteiger partial charge in [-0.15, -0.1) is 24.0 Å². The van der Waals surface area contributed by atoms with Crippen LogP contribution in [0.25, 0.3) is 10.1 Å². The van der Waals surface area contributed by atoms with Gasteiger partial charge < -0.3 is 0 Å². The van der Waals surface area contributed by atoms with Gasteiger partial charge >= 0.3 is 0 Å². The standard InChI is InChI=1S/C9H7IS2/c1-5-9(11)7-4-6(10)2-3-8(7)12-5/h2-4,11H,1H3. The highest BCUT2D eigenvalue weighted by Gasteiger charge is 2.04. The first-order valence-corrected chi connectivity index (χ1v) is 5.90. The zero-order chi connectivity index (χ0) is 8.72. The SMILES string of the molecule is Cc1sc2ccc(I)cc2c1S. The molecule has 1 heterocycles. The van der Waals surface area contributed by atoms with Crippen LogP contribution in [0.5, 0.6) is 0 Å². The zero-order valence-corrected chi connectivity index (χ0v) is 10.3. The van der Waals surface area contributed by atoms with Crippen molar-refractivity contribution in [1.29, 1.82) is 0 Å². The van der Waals surface area contributed by atoms with Crippen molar-refractivity contribution in [2.75, 3.05) is 0 Å². The molecule has 2 aromatic rings. The number of benzene rings is 1. The highest BCUT2D eigenvalue weighted by Crippen LogP contribution is 2.33. The van der Waals surface area contributed by atoms with Crippen LogP contribution in [0.15, 0.2) is 23.1 Å². The van der Waals surface area contributed by atoms with Gasteiger partial charge in [-0.1, -0.05) is 0 Å². The fourth-order valence-corrected chi connectivity index (χ4v) is 3.01. The average molecular weight is 306 g/mol. The van der Waals surface area contributed by atoms with Crippen LogP contribution in [0.1, 0.15) is 4.88 Å². The number of rotatable bonds is 0. The molecule has 0 aliphatic carbocycles. The Morgan fingerprint density at radius 1 is 1.42 bits per heavy atom. The third-order valence-electron chi connectivity index (χ3n) is 1.79. The van der Waals surface area contributed by atoms with Crippen molar-refractivity contribution in [1.82, 2.24) is 0 Å². The van der Waals surface area contributed by atoms with Crippen molar-refractivity contribution in [3.8, 4) is 0 Å². The summed E-state index contributed by atoms with van der Waals surface area (Å²) >= 11 is 8.60. The number of thiophene rings is 1. The Bertz CT molecular complexity index is 431. The molecule has 0 spiro atoms. The number of thiol groups is 1. The Morgan fingerprint density at radius 3 is 2.92 bits per heavy atom. The molecule has 2 rings (SSSR count). The van der Waals surface area contributed by atoms with Crippen molar-refractivity contribution >= 4 is 56.6 Å². The predicted octanol–water partition coefficient (Wildman–Crippen LogP) is 4.10. The van der Waals surface area contributed by atoms with E-state index in [0.29, 0.717) is 0 Å². The van der Waals surface area contributed by atoms with Crippen LogP contribution >= 0.6 is 46.6 Å². The molecule has 0 saturated heterocycles. The van der Waals surface area contributed by atoms with E-state index in [1.807, 2.05) is 11.3 Å². The van der Waals surface area contributed by atoms with Crippen LogP contribution in [0, 0.1) is 10.5 Å². The number of hydrogen-bond acceptors (Lipinski definition) is 2. The minimum Gasteiger partial charge on any atom is -0.142 e. The minimum atomic E-state index is 1.13. The maximum atomic E-state index is 4.47. The summed E-state index contributed by atoms with van der Waals surface area (Å²) in [6, 6.07) is 6.47. The summed E-state index contributed by atoms with van der Waals surface area (Å²) in [6.07, 6.45) is 0. The Labute approximate surface area is 94.5 Å². The lowest BCUT2D eigenvalue weighted by molar-refractivity contribution is 1.47. The lowest BCUT2D eigenvalue weighted by atomic mass is 10.2. The van der Waals surface area contributed by atoms with E-state index in [0.717, 1.165) is 4.90 Å². The Balaban J connectivity index is 2.88. The topological polar surface area (TPSA) is 0 Å². The van der Waals surface area contributed by atoms with Crippen molar-refractivity contribution in [3.63, 3.8) is 0 Å². The van der Waals surface area contributed by atoms with Gasteiger partial charge in [0.15, 0.2) is 0 Å². The fourth-order valence-electron chi connectivity index (χ4n) is 1.18. The molecule has 0 nitrogen and oxygen atoms in total. The molecule has 0 N–H and O–H groups in total. The second kappa shape index (κ2) is 3.20. The molecule has 0 atom stereocenters. The molecule has 0 bridgehead atoms. The number of halogens is 1. The Kier molecular flexibility index (Phi) is 2.35. The molecular formula is C9H7IS2. The molecule has 0 amide bonds. The maximum absolute atomic E-state index is 4.47. The summed E-state index contributed by atoms with van der Waals surface area (Å²) in [7, 11) is 0. The van der Waals surface area contributed by atoms with Crippen molar-refractivity contribution in [2.24, 2.45) is 0 Å². The molecule has 62 valence electrons. The van der Waals surface area contributed by atoms with Gasteiger partial charge in [-0.3, -0.25) is 0 Å². The predicted molar refractivity (Wildman–Crippen MR) is 66.5 cm³/mol. The van der Waals surface area contributed by atoms with E-state index >= 15 is 0 Å². The van der Waals surface area contributed by atoms with Crippen LogP contribution in [0.3, 0.4) is 0 Å². The van der Waals surface area contributed by atoms with Crippen LogP contribution in [-0.4, -0.2) is 0 Å². The third-order valence-corrected chi connectivity index (χ3v) is 4.28. The van der Waals surface area contributed by atoms with Crippen LogP contribution in [-0.2, 0) is 0 Å². The quantitative estimate of drug-likeness (QED) is 0.550. The Hall–Kier alpha value is 0.260. The Morgan fingerprint density at radius 2 is 2.17 bits per heavy atom. The van der Waals surface area contributed by atoms with Crippen molar-refractivity contribution < 1.29 is 0 Å². The number of aryl methyl sites for hydroxylation is 1. The lowest BCUT2D eigenvalue weighted by Crippen LogP contribution is -1.69. The summed E-state index contributed by atoms with van der Waals surface area (Å²) in [4.78, 5) is 2.43. The van der Waals surface area contributed by atoms with Gasteiger partial charge in [-0.25, -0.2) is 0 Å². The summed E-state index contributed by atoms with van der Waals surface area (Å²) in [5, 5.41) is 1.28. The first-order chi connectivity index (χ1) is 5.68.